The Balaban J connectivity index is 1.73. The third kappa shape index (κ3) is 5.95. The number of methoxy groups -OCH3 is 1. The predicted octanol–water partition coefficient (Wildman–Crippen LogP) is 2.83. The van der Waals surface area contributed by atoms with E-state index in [1.54, 1.807) is 19.2 Å². The smallest absolute Gasteiger partial charge is 0.338 e. The van der Waals surface area contributed by atoms with Gasteiger partial charge in [-0.25, -0.2) is 4.79 Å². The largest absolute Gasteiger partial charge is 0.497 e. The highest BCUT2D eigenvalue weighted by Crippen LogP contribution is 2.11. The second kappa shape index (κ2) is 8.87. The molecule has 0 aromatic heterocycles. The first-order valence-electron chi connectivity index (χ1n) is 8.13. The van der Waals surface area contributed by atoms with E-state index in [-0.39, 0.29) is 12.5 Å². The van der Waals surface area contributed by atoms with Crippen molar-refractivity contribution in [2.75, 3.05) is 20.3 Å². The molecule has 5 heteroatoms. The van der Waals surface area contributed by atoms with Gasteiger partial charge in [-0.15, -0.1) is 0 Å². The molecule has 5 nitrogen and oxygen atoms in total. The number of hydrogen-bond donors (Lipinski definition) is 1. The van der Waals surface area contributed by atoms with Crippen molar-refractivity contribution >= 4 is 11.9 Å². The first-order valence-corrected chi connectivity index (χ1v) is 8.13. The Morgan fingerprint density at radius 1 is 1.00 bits per heavy atom. The van der Waals surface area contributed by atoms with E-state index in [9.17, 15) is 9.59 Å². The zero-order valence-corrected chi connectivity index (χ0v) is 14.8. The Morgan fingerprint density at radius 3 is 2.24 bits per heavy atom. The molecule has 0 aliphatic carbocycles. The van der Waals surface area contributed by atoms with Crippen molar-refractivity contribution in [3.05, 3.63) is 64.7 Å². The summed E-state index contributed by atoms with van der Waals surface area (Å²) in [4.78, 5) is 23.8. The van der Waals surface area contributed by atoms with Gasteiger partial charge in [-0.05, 0) is 50.1 Å². The summed E-state index contributed by atoms with van der Waals surface area (Å²) in [5.74, 6) is -0.00516. The zero-order chi connectivity index (χ0) is 18.2. The average molecular weight is 341 g/mol. The number of esters is 1. The number of rotatable bonds is 7. The van der Waals surface area contributed by atoms with Crippen LogP contribution in [-0.4, -0.2) is 32.1 Å². The lowest BCUT2D eigenvalue weighted by atomic mass is 10.1. The van der Waals surface area contributed by atoms with Gasteiger partial charge in [0, 0.05) is 6.54 Å². The average Bonchev–Trinajstić information content (AvgIpc) is 2.59. The Bertz CT molecular complexity index is 718. The third-order valence-electron chi connectivity index (χ3n) is 3.69. The highest BCUT2D eigenvalue weighted by molar-refractivity contribution is 5.91. The molecule has 0 bridgehead atoms. The highest BCUT2D eigenvalue weighted by atomic mass is 16.5. The van der Waals surface area contributed by atoms with E-state index in [0.29, 0.717) is 18.5 Å². The fraction of sp³-hybridized carbons (Fsp3) is 0.300. The molecule has 0 aliphatic heterocycles. The maximum Gasteiger partial charge on any atom is 0.338 e. The van der Waals surface area contributed by atoms with Crippen LogP contribution in [0, 0.1) is 13.8 Å². The molecule has 0 radical (unpaired) electrons. The molecule has 0 spiro atoms. The molecule has 2 rings (SSSR count). The lowest BCUT2D eigenvalue weighted by molar-refractivity contribution is -0.124. The van der Waals surface area contributed by atoms with E-state index in [0.717, 1.165) is 22.4 Å². The van der Waals surface area contributed by atoms with Crippen molar-refractivity contribution in [2.45, 2.75) is 20.3 Å². The van der Waals surface area contributed by atoms with E-state index in [1.165, 1.54) is 0 Å². The van der Waals surface area contributed by atoms with Crippen LogP contribution < -0.4 is 10.1 Å². The van der Waals surface area contributed by atoms with Gasteiger partial charge < -0.3 is 14.8 Å². The number of ether oxygens (including phenoxy) is 2. The van der Waals surface area contributed by atoms with Crippen molar-refractivity contribution < 1.29 is 19.1 Å². The lowest BCUT2D eigenvalue weighted by Crippen LogP contribution is -2.30. The minimum Gasteiger partial charge on any atom is -0.497 e. The van der Waals surface area contributed by atoms with Crippen molar-refractivity contribution in [2.24, 2.45) is 0 Å². The van der Waals surface area contributed by atoms with E-state index in [4.69, 9.17) is 9.47 Å². The molecule has 2 aromatic carbocycles. The predicted molar refractivity (Wildman–Crippen MR) is 95.9 cm³/mol. The van der Waals surface area contributed by atoms with Crippen molar-refractivity contribution in [1.29, 1.82) is 0 Å². The Morgan fingerprint density at radius 2 is 1.64 bits per heavy atom. The molecule has 0 heterocycles. The lowest BCUT2D eigenvalue weighted by Gasteiger charge is -2.08. The fourth-order valence-electron chi connectivity index (χ4n) is 2.50. The maximum atomic E-state index is 12.0. The summed E-state index contributed by atoms with van der Waals surface area (Å²) < 4.78 is 10.2. The second-order valence-corrected chi connectivity index (χ2v) is 5.90. The summed E-state index contributed by atoms with van der Waals surface area (Å²) in [5.41, 5.74) is 3.52. The number of carbonyl (C=O) groups excluding carboxylic acids is 2. The first kappa shape index (κ1) is 18.5. The third-order valence-corrected chi connectivity index (χ3v) is 3.69. The minimum atomic E-state index is -0.489. The molecular formula is C20H23NO4. The summed E-state index contributed by atoms with van der Waals surface area (Å²) >= 11 is 0. The van der Waals surface area contributed by atoms with Gasteiger partial charge in [-0.3, -0.25) is 4.79 Å². The van der Waals surface area contributed by atoms with Gasteiger partial charge in [-0.1, -0.05) is 29.3 Å². The van der Waals surface area contributed by atoms with Crippen LogP contribution in [0.15, 0.2) is 42.5 Å². The molecule has 0 atom stereocenters. The number of amides is 1. The Hall–Kier alpha value is -2.82. The number of benzene rings is 2. The molecule has 0 aliphatic rings. The Labute approximate surface area is 148 Å². The number of carbonyl (C=O) groups is 2. The monoisotopic (exact) mass is 341 g/mol. The highest BCUT2D eigenvalue weighted by Gasteiger charge is 2.11. The van der Waals surface area contributed by atoms with E-state index >= 15 is 0 Å². The summed E-state index contributed by atoms with van der Waals surface area (Å²) in [7, 11) is 1.62. The SMILES string of the molecule is COc1ccc(CCNC(=O)COC(=O)c2cc(C)cc(C)c2)cc1. The summed E-state index contributed by atoms with van der Waals surface area (Å²) in [5, 5.41) is 2.74. The van der Waals surface area contributed by atoms with Crippen LogP contribution in [-0.2, 0) is 16.0 Å². The van der Waals surface area contributed by atoms with Gasteiger partial charge in [-0.2, -0.15) is 0 Å². The molecule has 0 unspecified atom stereocenters. The van der Waals surface area contributed by atoms with E-state index in [1.807, 2.05) is 44.2 Å². The van der Waals surface area contributed by atoms with Gasteiger partial charge in [0.1, 0.15) is 5.75 Å². The Kier molecular flexibility index (Phi) is 6.57. The van der Waals surface area contributed by atoms with Crippen LogP contribution in [0.1, 0.15) is 27.0 Å². The number of hydrogen-bond acceptors (Lipinski definition) is 4. The van der Waals surface area contributed by atoms with Gasteiger partial charge in [0.25, 0.3) is 5.91 Å². The maximum absolute atomic E-state index is 12.0. The molecular weight excluding hydrogens is 318 g/mol. The summed E-state index contributed by atoms with van der Waals surface area (Å²) in [6.45, 7) is 4.02. The van der Waals surface area contributed by atoms with E-state index in [2.05, 4.69) is 5.32 Å². The van der Waals surface area contributed by atoms with E-state index < -0.39 is 5.97 Å². The molecule has 2 aromatic rings. The molecule has 0 fully saturated rings. The summed E-state index contributed by atoms with van der Waals surface area (Å²) in [6, 6.07) is 13.1. The van der Waals surface area contributed by atoms with Crippen LogP contribution in [0.5, 0.6) is 5.75 Å². The molecule has 1 N–H and O–H groups in total. The first-order chi connectivity index (χ1) is 12.0. The van der Waals surface area contributed by atoms with Gasteiger partial charge >= 0.3 is 5.97 Å². The minimum absolute atomic E-state index is 0.283. The molecule has 0 saturated heterocycles. The van der Waals surface area contributed by atoms with Crippen LogP contribution in [0.3, 0.4) is 0 Å². The zero-order valence-electron chi connectivity index (χ0n) is 14.8. The van der Waals surface area contributed by atoms with Gasteiger partial charge in [0.15, 0.2) is 6.61 Å². The number of nitrogens with one attached hydrogen (secondary N) is 1. The fourth-order valence-corrected chi connectivity index (χ4v) is 2.50. The molecule has 1 amide bonds. The van der Waals surface area contributed by atoms with Crippen LogP contribution >= 0.6 is 0 Å². The van der Waals surface area contributed by atoms with Crippen molar-refractivity contribution in [1.82, 2.24) is 5.32 Å². The second-order valence-electron chi connectivity index (χ2n) is 5.90. The quantitative estimate of drug-likeness (QED) is 0.787. The van der Waals surface area contributed by atoms with Crippen LogP contribution in [0.2, 0.25) is 0 Å². The molecule has 25 heavy (non-hydrogen) atoms. The topological polar surface area (TPSA) is 64.6 Å². The number of aryl methyl sites for hydroxylation is 2. The normalized spacial score (nSPS) is 10.2. The van der Waals surface area contributed by atoms with Crippen LogP contribution in [0.25, 0.3) is 0 Å². The standard InChI is InChI=1S/C20H23NO4/c1-14-10-15(2)12-17(11-14)20(23)25-13-19(22)21-9-8-16-4-6-18(24-3)7-5-16/h4-7,10-12H,8-9,13H2,1-3H3,(H,21,22). The van der Waals surface area contributed by atoms with Gasteiger partial charge in [0.05, 0.1) is 12.7 Å². The van der Waals surface area contributed by atoms with Crippen molar-refractivity contribution in [3.8, 4) is 5.75 Å². The van der Waals surface area contributed by atoms with Gasteiger partial charge in [0.2, 0.25) is 0 Å². The summed E-state index contributed by atoms with van der Waals surface area (Å²) in [6.07, 6.45) is 0.695. The van der Waals surface area contributed by atoms with Crippen molar-refractivity contribution in [3.63, 3.8) is 0 Å². The molecule has 0 saturated carbocycles. The molecule has 132 valence electrons. The van der Waals surface area contributed by atoms with Crippen LogP contribution in [0.4, 0.5) is 0 Å².